The second-order valence-electron chi connectivity index (χ2n) is 12.2. The maximum absolute atomic E-state index is 11.8. The highest BCUT2D eigenvalue weighted by Gasteiger charge is 2.06. The van der Waals surface area contributed by atoms with Crippen molar-refractivity contribution in [3.8, 4) is 0 Å². The Labute approximate surface area is 266 Å². The monoisotopic (exact) mass is 607 g/mol. The van der Waals surface area contributed by atoms with E-state index in [0.717, 1.165) is 44.9 Å². The lowest BCUT2D eigenvalue weighted by Gasteiger charge is -2.06. The number of carbonyl (C=O) groups is 2. The van der Waals surface area contributed by atoms with Gasteiger partial charge in [0.05, 0.1) is 0 Å². The van der Waals surface area contributed by atoms with Crippen LogP contribution in [0.15, 0.2) is 24.3 Å². The summed E-state index contributed by atoms with van der Waals surface area (Å²) in [5.41, 5.74) is 0. The summed E-state index contributed by atoms with van der Waals surface area (Å²) in [6.45, 7) is 4.72. The lowest BCUT2D eigenvalue weighted by Crippen LogP contribution is -2.13. The Bertz CT molecular complexity index is 588. The van der Waals surface area contributed by atoms with Crippen molar-refractivity contribution in [2.45, 2.75) is 194 Å². The second kappa shape index (κ2) is 36.6. The minimum Gasteiger partial charge on any atom is -0.463 e. The minimum atomic E-state index is -0.350. The highest BCUT2D eigenvalue weighted by molar-refractivity contribution is 5.69. The average molecular weight is 607 g/mol. The van der Waals surface area contributed by atoms with Gasteiger partial charge < -0.3 is 4.74 Å². The van der Waals surface area contributed by atoms with Gasteiger partial charge in [-0.05, 0) is 64.2 Å². The number of hydrogen-bond donors (Lipinski definition) is 0. The molecule has 0 aromatic carbocycles. The fourth-order valence-corrected chi connectivity index (χ4v) is 5.09. The summed E-state index contributed by atoms with van der Waals surface area (Å²) >= 11 is 0. The van der Waals surface area contributed by atoms with Crippen molar-refractivity contribution < 1.29 is 24.1 Å². The van der Waals surface area contributed by atoms with Gasteiger partial charge >= 0.3 is 11.9 Å². The van der Waals surface area contributed by atoms with Gasteiger partial charge in [0.15, 0.2) is 0 Å². The summed E-state index contributed by atoms with van der Waals surface area (Å²) in [5, 5.41) is 0. The van der Waals surface area contributed by atoms with Crippen molar-refractivity contribution in [1.29, 1.82) is 0 Å². The number of hydrogen-bond acceptors (Lipinski definition) is 5. The Morgan fingerprint density at radius 1 is 0.419 bits per heavy atom. The minimum absolute atomic E-state index is 0.0796. The van der Waals surface area contributed by atoms with Crippen molar-refractivity contribution in [2.75, 3.05) is 13.2 Å². The third-order valence-electron chi connectivity index (χ3n) is 7.87. The van der Waals surface area contributed by atoms with Gasteiger partial charge in [0.2, 0.25) is 0 Å². The van der Waals surface area contributed by atoms with E-state index in [1.807, 2.05) is 0 Å². The first-order chi connectivity index (χ1) is 21.2. The number of unbranched alkanes of at least 4 members (excludes halogenated alkanes) is 22. The van der Waals surface area contributed by atoms with Crippen molar-refractivity contribution in [1.82, 2.24) is 0 Å². The molecule has 0 radical (unpaired) electrons. The van der Waals surface area contributed by atoms with E-state index in [2.05, 4.69) is 38.2 Å². The number of allylic oxidation sites excluding steroid dienone is 4. The molecule has 0 N–H and O–H groups in total. The lowest BCUT2D eigenvalue weighted by atomic mass is 10.1. The molecular formula is C38H70O5. The highest BCUT2D eigenvalue weighted by Crippen LogP contribution is 2.12. The Hall–Kier alpha value is -1.62. The van der Waals surface area contributed by atoms with E-state index >= 15 is 0 Å². The van der Waals surface area contributed by atoms with Gasteiger partial charge in [-0.3, -0.25) is 9.68 Å². The first-order valence-corrected chi connectivity index (χ1v) is 18.5. The molecule has 0 fully saturated rings. The van der Waals surface area contributed by atoms with Gasteiger partial charge in [-0.25, -0.2) is 4.79 Å². The zero-order chi connectivity index (χ0) is 31.3. The standard InChI is InChI=1S/C38H70O5/c1-3-5-7-9-11-13-15-17-19-21-23-25-27-29-31-33-37(39)41-35-36-42-43-38(40)34-32-30-28-26-24-22-20-18-16-14-12-10-8-6-4-2/h17-20H,3-16,21-36H2,1-2H3. The molecule has 0 aromatic rings. The number of ether oxygens (including phenoxy) is 1. The van der Waals surface area contributed by atoms with E-state index in [-0.39, 0.29) is 25.2 Å². The molecule has 43 heavy (non-hydrogen) atoms. The normalized spacial score (nSPS) is 11.6. The van der Waals surface area contributed by atoms with Crippen molar-refractivity contribution in [3.05, 3.63) is 24.3 Å². The Kier molecular flexibility index (Phi) is 35.2. The molecule has 5 heteroatoms. The zero-order valence-corrected chi connectivity index (χ0v) is 28.6. The van der Waals surface area contributed by atoms with Crippen molar-refractivity contribution in [2.24, 2.45) is 0 Å². The van der Waals surface area contributed by atoms with Crippen LogP contribution in [0.3, 0.4) is 0 Å². The zero-order valence-electron chi connectivity index (χ0n) is 28.6. The van der Waals surface area contributed by atoms with E-state index in [4.69, 9.17) is 14.5 Å². The van der Waals surface area contributed by atoms with Gasteiger partial charge in [-0.15, -0.1) is 0 Å². The molecule has 0 saturated heterocycles. The van der Waals surface area contributed by atoms with Crippen molar-refractivity contribution in [3.63, 3.8) is 0 Å². The molecule has 0 saturated carbocycles. The molecule has 0 rings (SSSR count). The van der Waals surface area contributed by atoms with Gasteiger partial charge in [-0.1, -0.05) is 141 Å². The number of esters is 1. The lowest BCUT2D eigenvalue weighted by molar-refractivity contribution is -0.275. The van der Waals surface area contributed by atoms with Gasteiger partial charge in [-0.2, -0.15) is 4.89 Å². The fraction of sp³-hybridized carbons (Fsp3) is 0.842. The molecule has 0 atom stereocenters. The van der Waals surface area contributed by atoms with E-state index in [0.29, 0.717) is 12.8 Å². The van der Waals surface area contributed by atoms with Crippen LogP contribution in [0.2, 0.25) is 0 Å². The van der Waals surface area contributed by atoms with Crippen LogP contribution in [0.25, 0.3) is 0 Å². The maximum atomic E-state index is 11.8. The summed E-state index contributed by atoms with van der Waals surface area (Å²) in [6.07, 6.45) is 42.2. The van der Waals surface area contributed by atoms with Crippen LogP contribution < -0.4 is 0 Å². The van der Waals surface area contributed by atoms with Gasteiger partial charge in [0.1, 0.15) is 13.2 Å². The SMILES string of the molecule is CCCCCCCCC=CCCCCCCCC(=O)OCCOOC(=O)CCCCCCCC=CCCCCCCCC. The highest BCUT2D eigenvalue weighted by atomic mass is 17.2. The maximum Gasteiger partial charge on any atom is 0.342 e. The second-order valence-corrected chi connectivity index (χ2v) is 12.2. The molecule has 0 heterocycles. The number of rotatable bonds is 34. The molecule has 0 bridgehead atoms. The van der Waals surface area contributed by atoms with Crippen LogP contribution in [0.4, 0.5) is 0 Å². The van der Waals surface area contributed by atoms with Gasteiger partial charge in [0, 0.05) is 12.8 Å². The molecule has 0 aromatic heterocycles. The fourth-order valence-electron chi connectivity index (χ4n) is 5.09. The van der Waals surface area contributed by atoms with Crippen LogP contribution >= 0.6 is 0 Å². The number of carbonyl (C=O) groups excluding carboxylic acids is 2. The summed E-state index contributed by atoms with van der Waals surface area (Å²) in [4.78, 5) is 33.3. The quantitative estimate of drug-likeness (QED) is 0.0240. The predicted molar refractivity (Wildman–Crippen MR) is 182 cm³/mol. The Balaban J connectivity index is 3.33. The van der Waals surface area contributed by atoms with Crippen LogP contribution in [0.1, 0.15) is 194 Å². The molecule has 0 unspecified atom stereocenters. The topological polar surface area (TPSA) is 61.8 Å². The first kappa shape index (κ1) is 41.4. The van der Waals surface area contributed by atoms with Crippen LogP contribution in [-0.2, 0) is 24.1 Å². The molecule has 0 aliphatic rings. The largest absolute Gasteiger partial charge is 0.463 e. The Morgan fingerprint density at radius 3 is 1.19 bits per heavy atom. The molecule has 0 amide bonds. The van der Waals surface area contributed by atoms with Crippen molar-refractivity contribution >= 4 is 11.9 Å². The third kappa shape index (κ3) is 36.5. The van der Waals surface area contributed by atoms with Gasteiger partial charge in [0.25, 0.3) is 0 Å². The molecule has 252 valence electrons. The average Bonchev–Trinajstić information content (AvgIpc) is 3.00. The Morgan fingerprint density at radius 2 is 0.767 bits per heavy atom. The third-order valence-corrected chi connectivity index (χ3v) is 7.87. The van der Waals surface area contributed by atoms with E-state index in [1.165, 1.54) is 122 Å². The summed E-state index contributed by atoms with van der Waals surface area (Å²) < 4.78 is 5.16. The van der Waals surface area contributed by atoms with Crippen LogP contribution in [0.5, 0.6) is 0 Å². The predicted octanol–water partition coefficient (Wildman–Crippen LogP) is 12.1. The van der Waals surface area contributed by atoms with E-state index < -0.39 is 0 Å². The molecule has 5 nitrogen and oxygen atoms in total. The molecule has 0 aliphatic carbocycles. The first-order valence-electron chi connectivity index (χ1n) is 18.5. The summed E-state index contributed by atoms with van der Waals surface area (Å²) in [5.74, 6) is -0.557. The smallest absolute Gasteiger partial charge is 0.342 e. The molecular weight excluding hydrogens is 536 g/mol. The van der Waals surface area contributed by atoms with Crippen LogP contribution in [-0.4, -0.2) is 25.2 Å². The van der Waals surface area contributed by atoms with Crippen LogP contribution in [0, 0.1) is 0 Å². The summed E-state index contributed by atoms with van der Waals surface area (Å²) in [7, 11) is 0. The van der Waals surface area contributed by atoms with E-state index in [1.54, 1.807) is 0 Å². The molecule has 0 aliphatic heterocycles. The summed E-state index contributed by atoms with van der Waals surface area (Å²) in [6, 6.07) is 0. The van der Waals surface area contributed by atoms with E-state index in [9.17, 15) is 9.59 Å². The molecule has 0 spiro atoms.